The monoisotopic (exact) mass is 344 g/mol. The van der Waals surface area contributed by atoms with E-state index < -0.39 is 5.60 Å². The van der Waals surface area contributed by atoms with Gasteiger partial charge in [0.15, 0.2) is 0 Å². The molecule has 0 radical (unpaired) electrons. The van der Waals surface area contributed by atoms with E-state index in [1.807, 2.05) is 58.9 Å². The van der Waals surface area contributed by atoms with Crippen LogP contribution in [0.4, 0.5) is 5.69 Å². The number of pyridine rings is 1. The molecule has 1 aromatic heterocycles. The van der Waals surface area contributed by atoms with Gasteiger partial charge in [-0.05, 0) is 57.9 Å². The van der Waals surface area contributed by atoms with Gasteiger partial charge >= 0.3 is 0 Å². The molecule has 5 heteroatoms. The third-order valence-electron chi connectivity index (χ3n) is 4.12. The molecule has 2 aromatic rings. The first-order valence-electron chi connectivity index (χ1n) is 8.91. The fourth-order valence-corrected chi connectivity index (χ4v) is 2.51. The molecule has 0 aliphatic heterocycles. The van der Waals surface area contributed by atoms with Crippen molar-refractivity contribution in [3.8, 4) is 5.75 Å². The summed E-state index contributed by atoms with van der Waals surface area (Å²) in [6.45, 7) is 10.3. The van der Waals surface area contributed by atoms with E-state index in [1.54, 1.807) is 6.20 Å². The summed E-state index contributed by atoms with van der Waals surface area (Å²) >= 11 is 0. The summed E-state index contributed by atoms with van der Waals surface area (Å²) in [6, 6.07) is 7.49. The molecule has 0 saturated heterocycles. The molecule has 1 N–H and O–H groups in total. The molecule has 1 heterocycles. The Morgan fingerprint density at radius 3 is 2.68 bits per heavy atom. The van der Waals surface area contributed by atoms with Gasteiger partial charge in [-0.3, -0.25) is 9.78 Å². The molecule has 1 atom stereocenters. The van der Waals surface area contributed by atoms with Crippen molar-refractivity contribution < 1.29 is 14.3 Å². The van der Waals surface area contributed by atoms with Crippen LogP contribution in [0.3, 0.4) is 0 Å². The minimum atomic E-state index is -0.850. The van der Waals surface area contributed by atoms with Crippen LogP contribution in [0.2, 0.25) is 0 Å². The van der Waals surface area contributed by atoms with Crippen LogP contribution < -0.4 is 10.1 Å². The third kappa shape index (κ3) is 4.48. The largest absolute Gasteiger partial charge is 0.489 e. The number of hydrogen-bond acceptors (Lipinski definition) is 4. The molecule has 0 aliphatic carbocycles. The predicted molar refractivity (Wildman–Crippen MR) is 101 cm³/mol. The Kier molecular flexibility index (Phi) is 6.37. The summed E-state index contributed by atoms with van der Waals surface area (Å²) in [5.41, 5.74) is 0.600. The Hall–Kier alpha value is -2.14. The molecule has 0 spiro atoms. The standard InChI is InChI=1S/C20H28N2O3/c1-6-13-24-20(5,7-2)19(23)22-16-10-11-17(25-14(3)4)18-15(16)9-8-12-21-18/h8-12,14H,6-7,13H2,1-5H3,(H,22,23). The molecule has 0 aliphatic rings. The molecular formula is C20H28N2O3. The van der Waals surface area contributed by atoms with Crippen molar-refractivity contribution in [2.24, 2.45) is 0 Å². The third-order valence-corrected chi connectivity index (χ3v) is 4.12. The minimum absolute atomic E-state index is 0.0523. The van der Waals surface area contributed by atoms with E-state index in [0.29, 0.717) is 24.5 Å². The van der Waals surface area contributed by atoms with Crippen LogP contribution in [0.1, 0.15) is 47.5 Å². The Morgan fingerprint density at radius 1 is 1.28 bits per heavy atom. The summed E-state index contributed by atoms with van der Waals surface area (Å²) in [7, 11) is 0. The van der Waals surface area contributed by atoms with Crippen LogP contribution in [0.15, 0.2) is 30.5 Å². The van der Waals surface area contributed by atoms with Crippen molar-refractivity contribution in [3.05, 3.63) is 30.5 Å². The highest BCUT2D eigenvalue weighted by molar-refractivity contribution is 6.05. The average Bonchev–Trinajstić information content (AvgIpc) is 2.61. The molecule has 0 bridgehead atoms. The Balaban J connectivity index is 2.34. The Morgan fingerprint density at radius 2 is 2.04 bits per heavy atom. The maximum Gasteiger partial charge on any atom is 0.256 e. The van der Waals surface area contributed by atoms with Crippen molar-refractivity contribution in [1.82, 2.24) is 4.98 Å². The van der Waals surface area contributed by atoms with Gasteiger partial charge in [0.1, 0.15) is 16.9 Å². The van der Waals surface area contributed by atoms with E-state index in [9.17, 15) is 4.79 Å². The van der Waals surface area contributed by atoms with E-state index in [-0.39, 0.29) is 12.0 Å². The number of ether oxygens (including phenoxy) is 2. The van der Waals surface area contributed by atoms with Crippen molar-refractivity contribution in [2.45, 2.75) is 59.2 Å². The minimum Gasteiger partial charge on any atom is -0.489 e. The molecule has 5 nitrogen and oxygen atoms in total. The highest BCUT2D eigenvalue weighted by Gasteiger charge is 2.32. The predicted octanol–water partition coefficient (Wildman–Crippen LogP) is 4.56. The SMILES string of the molecule is CCCOC(C)(CC)C(=O)Nc1ccc(OC(C)C)c2ncccc12. The number of nitrogens with zero attached hydrogens (tertiary/aromatic N) is 1. The van der Waals surface area contributed by atoms with Crippen LogP contribution >= 0.6 is 0 Å². The van der Waals surface area contributed by atoms with Gasteiger partial charge in [0.2, 0.25) is 0 Å². The highest BCUT2D eigenvalue weighted by Crippen LogP contribution is 2.31. The summed E-state index contributed by atoms with van der Waals surface area (Å²) in [5, 5.41) is 3.86. The van der Waals surface area contributed by atoms with E-state index >= 15 is 0 Å². The Bertz CT molecular complexity index is 730. The number of rotatable bonds is 8. The number of fused-ring (bicyclic) bond motifs is 1. The van der Waals surface area contributed by atoms with Crippen LogP contribution in [0.5, 0.6) is 5.75 Å². The van der Waals surface area contributed by atoms with Gasteiger partial charge in [-0.25, -0.2) is 0 Å². The number of anilines is 1. The number of amides is 1. The normalized spacial score (nSPS) is 13.7. The van der Waals surface area contributed by atoms with Gasteiger partial charge in [0, 0.05) is 18.2 Å². The van der Waals surface area contributed by atoms with Crippen LogP contribution in [0, 0.1) is 0 Å². The van der Waals surface area contributed by atoms with Crippen LogP contribution in [0.25, 0.3) is 10.9 Å². The fourth-order valence-electron chi connectivity index (χ4n) is 2.51. The second kappa shape index (κ2) is 8.30. The van der Waals surface area contributed by atoms with E-state index in [0.717, 1.165) is 17.3 Å². The molecule has 0 fully saturated rings. The van der Waals surface area contributed by atoms with Crippen molar-refractivity contribution in [1.29, 1.82) is 0 Å². The topological polar surface area (TPSA) is 60.5 Å². The summed E-state index contributed by atoms with van der Waals surface area (Å²) in [4.78, 5) is 17.2. The molecule has 1 aromatic carbocycles. The molecule has 2 rings (SSSR count). The summed E-state index contributed by atoms with van der Waals surface area (Å²) in [6.07, 6.45) is 3.25. The quantitative estimate of drug-likeness (QED) is 0.763. The molecule has 0 saturated carbocycles. The second-order valence-electron chi connectivity index (χ2n) is 6.56. The number of nitrogens with one attached hydrogen (secondary N) is 1. The van der Waals surface area contributed by atoms with Gasteiger partial charge in [0.05, 0.1) is 11.8 Å². The number of carbonyl (C=O) groups is 1. The van der Waals surface area contributed by atoms with E-state index in [4.69, 9.17) is 9.47 Å². The van der Waals surface area contributed by atoms with Gasteiger partial charge in [-0.15, -0.1) is 0 Å². The van der Waals surface area contributed by atoms with Crippen molar-refractivity contribution in [2.75, 3.05) is 11.9 Å². The highest BCUT2D eigenvalue weighted by atomic mass is 16.5. The zero-order chi connectivity index (χ0) is 18.4. The van der Waals surface area contributed by atoms with Gasteiger partial charge in [0.25, 0.3) is 5.91 Å². The van der Waals surface area contributed by atoms with Gasteiger partial charge in [-0.1, -0.05) is 13.8 Å². The number of hydrogen-bond donors (Lipinski definition) is 1. The van der Waals surface area contributed by atoms with Crippen LogP contribution in [-0.2, 0) is 9.53 Å². The maximum absolute atomic E-state index is 12.8. The first-order valence-corrected chi connectivity index (χ1v) is 8.91. The lowest BCUT2D eigenvalue weighted by Crippen LogP contribution is -2.42. The number of benzene rings is 1. The Labute approximate surface area is 149 Å². The van der Waals surface area contributed by atoms with Gasteiger partial charge in [-0.2, -0.15) is 0 Å². The van der Waals surface area contributed by atoms with E-state index in [2.05, 4.69) is 10.3 Å². The first-order chi connectivity index (χ1) is 11.9. The maximum atomic E-state index is 12.8. The molecule has 25 heavy (non-hydrogen) atoms. The number of aromatic nitrogens is 1. The van der Waals surface area contributed by atoms with Crippen LogP contribution in [-0.4, -0.2) is 29.2 Å². The fraction of sp³-hybridized carbons (Fsp3) is 0.500. The van der Waals surface area contributed by atoms with E-state index in [1.165, 1.54) is 0 Å². The molecular weight excluding hydrogens is 316 g/mol. The zero-order valence-electron chi connectivity index (χ0n) is 15.8. The molecule has 136 valence electrons. The van der Waals surface area contributed by atoms with Gasteiger partial charge < -0.3 is 14.8 Å². The summed E-state index contributed by atoms with van der Waals surface area (Å²) < 4.78 is 11.6. The zero-order valence-corrected chi connectivity index (χ0v) is 15.8. The van der Waals surface area contributed by atoms with Crippen molar-refractivity contribution >= 4 is 22.5 Å². The summed E-state index contributed by atoms with van der Waals surface area (Å²) in [5.74, 6) is 0.565. The lowest BCUT2D eigenvalue weighted by Gasteiger charge is -2.27. The smallest absolute Gasteiger partial charge is 0.256 e. The molecule has 1 unspecified atom stereocenters. The van der Waals surface area contributed by atoms with Crippen molar-refractivity contribution in [3.63, 3.8) is 0 Å². The second-order valence-corrected chi connectivity index (χ2v) is 6.56. The lowest BCUT2D eigenvalue weighted by molar-refractivity contribution is -0.139. The first kappa shape index (κ1) is 19.2. The average molecular weight is 344 g/mol. The lowest BCUT2D eigenvalue weighted by atomic mass is 10.0. The number of carbonyl (C=O) groups excluding carboxylic acids is 1. The molecule has 1 amide bonds.